The van der Waals surface area contributed by atoms with Crippen molar-refractivity contribution in [2.24, 2.45) is 5.41 Å². The summed E-state index contributed by atoms with van der Waals surface area (Å²) in [5, 5.41) is 19.8. The van der Waals surface area contributed by atoms with Gasteiger partial charge in [0.05, 0.1) is 13.0 Å². The summed E-state index contributed by atoms with van der Waals surface area (Å²) in [4.78, 5) is 10.4. The van der Waals surface area contributed by atoms with Crippen LogP contribution in [0.25, 0.3) is 0 Å². The molecular weight excluding hydrogens is 196 g/mol. The third kappa shape index (κ3) is 4.05. The highest BCUT2D eigenvalue weighted by Crippen LogP contribution is 2.18. The van der Waals surface area contributed by atoms with Crippen LogP contribution in [0.2, 0.25) is 0 Å². The van der Waals surface area contributed by atoms with Crippen LogP contribution in [0.4, 0.5) is 0 Å². The van der Waals surface area contributed by atoms with Crippen LogP contribution in [-0.2, 0) is 17.8 Å². The van der Waals surface area contributed by atoms with E-state index in [4.69, 9.17) is 5.11 Å². The Morgan fingerprint density at radius 3 is 2.67 bits per heavy atom. The van der Waals surface area contributed by atoms with Crippen LogP contribution in [0.3, 0.4) is 0 Å². The van der Waals surface area contributed by atoms with Gasteiger partial charge < -0.3 is 5.11 Å². The van der Waals surface area contributed by atoms with Gasteiger partial charge in [0.1, 0.15) is 0 Å². The summed E-state index contributed by atoms with van der Waals surface area (Å²) >= 11 is 0. The second-order valence-corrected chi connectivity index (χ2v) is 4.70. The van der Waals surface area contributed by atoms with E-state index in [1.54, 1.807) is 4.68 Å². The first-order chi connectivity index (χ1) is 6.88. The van der Waals surface area contributed by atoms with E-state index in [-0.39, 0.29) is 11.8 Å². The molecule has 1 heterocycles. The molecule has 1 rings (SSSR count). The van der Waals surface area contributed by atoms with Gasteiger partial charge in [-0.25, -0.2) is 4.68 Å². The summed E-state index contributed by atoms with van der Waals surface area (Å²) in [5.41, 5.74) is 0.0929. The quantitative estimate of drug-likeness (QED) is 0.796. The second kappa shape index (κ2) is 4.37. The molecule has 84 valence electrons. The van der Waals surface area contributed by atoms with Gasteiger partial charge in [-0.2, -0.15) is 0 Å². The standard InChI is InChI=1S/C9H16N4O2/c1-9(2,3)6-7-10-11-12-13(7)5-4-8(14)15/h4-6H2,1-3H3,(H,14,15). The van der Waals surface area contributed by atoms with Gasteiger partial charge in [0, 0.05) is 6.42 Å². The third-order valence-electron chi connectivity index (χ3n) is 1.83. The van der Waals surface area contributed by atoms with Crippen LogP contribution in [-0.4, -0.2) is 31.3 Å². The molecule has 0 atom stereocenters. The number of hydrogen-bond acceptors (Lipinski definition) is 4. The molecule has 1 aromatic rings. The van der Waals surface area contributed by atoms with Crippen molar-refractivity contribution in [2.75, 3.05) is 0 Å². The zero-order valence-electron chi connectivity index (χ0n) is 9.27. The molecule has 0 aliphatic heterocycles. The molecule has 0 saturated heterocycles. The topological polar surface area (TPSA) is 80.9 Å². The average molecular weight is 212 g/mol. The maximum absolute atomic E-state index is 10.4. The molecule has 1 N–H and O–H groups in total. The fourth-order valence-corrected chi connectivity index (χ4v) is 1.20. The largest absolute Gasteiger partial charge is 0.481 e. The highest BCUT2D eigenvalue weighted by molar-refractivity contribution is 5.66. The van der Waals surface area contributed by atoms with E-state index >= 15 is 0 Å². The van der Waals surface area contributed by atoms with Crippen LogP contribution in [0, 0.1) is 5.41 Å². The number of tetrazole rings is 1. The fourth-order valence-electron chi connectivity index (χ4n) is 1.20. The molecule has 0 fully saturated rings. The first-order valence-corrected chi connectivity index (χ1v) is 4.85. The predicted molar refractivity (Wildman–Crippen MR) is 53.2 cm³/mol. The molecule has 6 nitrogen and oxygen atoms in total. The Labute approximate surface area is 88.3 Å². The maximum Gasteiger partial charge on any atom is 0.305 e. The average Bonchev–Trinajstić information content (AvgIpc) is 2.45. The molecule has 0 unspecified atom stereocenters. The van der Waals surface area contributed by atoms with Crippen LogP contribution < -0.4 is 0 Å². The first-order valence-electron chi connectivity index (χ1n) is 4.85. The summed E-state index contributed by atoms with van der Waals surface area (Å²) in [6.07, 6.45) is 0.780. The minimum Gasteiger partial charge on any atom is -0.481 e. The molecule has 0 aliphatic carbocycles. The molecule has 15 heavy (non-hydrogen) atoms. The Bertz CT molecular complexity index is 340. The second-order valence-electron chi connectivity index (χ2n) is 4.70. The smallest absolute Gasteiger partial charge is 0.305 e. The number of carbonyl (C=O) groups is 1. The molecule has 0 spiro atoms. The van der Waals surface area contributed by atoms with Gasteiger partial charge >= 0.3 is 5.97 Å². The van der Waals surface area contributed by atoms with Gasteiger partial charge in [-0.15, -0.1) is 5.10 Å². The molecule has 6 heteroatoms. The lowest BCUT2D eigenvalue weighted by atomic mass is 9.92. The Morgan fingerprint density at radius 1 is 1.47 bits per heavy atom. The van der Waals surface area contributed by atoms with Gasteiger partial charge in [-0.05, 0) is 15.8 Å². The van der Waals surface area contributed by atoms with Crippen molar-refractivity contribution >= 4 is 5.97 Å². The van der Waals surface area contributed by atoms with E-state index in [0.29, 0.717) is 6.54 Å². The van der Waals surface area contributed by atoms with Crippen molar-refractivity contribution < 1.29 is 9.90 Å². The zero-order valence-corrected chi connectivity index (χ0v) is 9.27. The van der Waals surface area contributed by atoms with Crippen molar-refractivity contribution in [1.82, 2.24) is 20.2 Å². The summed E-state index contributed by atoms with van der Waals surface area (Å²) in [6.45, 7) is 6.59. The van der Waals surface area contributed by atoms with E-state index in [1.165, 1.54) is 0 Å². The van der Waals surface area contributed by atoms with Gasteiger partial charge in [0.15, 0.2) is 5.82 Å². The maximum atomic E-state index is 10.4. The number of carboxylic acids is 1. The van der Waals surface area contributed by atoms with E-state index in [0.717, 1.165) is 12.2 Å². The Hall–Kier alpha value is -1.46. The highest BCUT2D eigenvalue weighted by atomic mass is 16.4. The van der Waals surface area contributed by atoms with E-state index in [2.05, 4.69) is 36.3 Å². The van der Waals surface area contributed by atoms with Gasteiger partial charge in [-0.1, -0.05) is 20.8 Å². The number of aliphatic carboxylic acids is 1. The normalized spacial score (nSPS) is 11.7. The number of hydrogen-bond donors (Lipinski definition) is 1. The Kier molecular flexibility index (Phi) is 3.39. The van der Waals surface area contributed by atoms with Crippen molar-refractivity contribution in [3.05, 3.63) is 5.82 Å². The number of nitrogens with zero attached hydrogens (tertiary/aromatic N) is 4. The lowest BCUT2D eigenvalue weighted by Crippen LogP contribution is -2.16. The van der Waals surface area contributed by atoms with Gasteiger partial charge in [0.2, 0.25) is 0 Å². The van der Waals surface area contributed by atoms with Crippen molar-refractivity contribution in [3.63, 3.8) is 0 Å². The summed E-state index contributed by atoms with van der Waals surface area (Å²) in [6, 6.07) is 0. The van der Waals surface area contributed by atoms with Crippen LogP contribution in [0.1, 0.15) is 33.0 Å². The molecule has 0 bridgehead atoms. The molecule has 0 saturated carbocycles. The molecule has 0 radical (unpaired) electrons. The van der Waals surface area contributed by atoms with Crippen molar-refractivity contribution in [3.8, 4) is 0 Å². The zero-order chi connectivity index (χ0) is 11.5. The number of aryl methyl sites for hydroxylation is 1. The third-order valence-corrected chi connectivity index (χ3v) is 1.83. The lowest BCUT2D eigenvalue weighted by molar-refractivity contribution is -0.137. The molecule has 0 aliphatic rings. The van der Waals surface area contributed by atoms with Crippen molar-refractivity contribution in [1.29, 1.82) is 0 Å². The van der Waals surface area contributed by atoms with Crippen LogP contribution in [0.5, 0.6) is 0 Å². The van der Waals surface area contributed by atoms with Gasteiger partial charge in [-0.3, -0.25) is 4.79 Å². The summed E-state index contributed by atoms with van der Waals surface area (Å²) in [5.74, 6) is -0.101. The predicted octanol–water partition coefficient (Wildman–Crippen LogP) is 0.736. The van der Waals surface area contributed by atoms with Crippen molar-refractivity contribution in [2.45, 2.75) is 40.2 Å². The number of carboxylic acid groups (broad SMARTS) is 1. The minimum atomic E-state index is -0.841. The summed E-state index contributed by atoms with van der Waals surface area (Å²) < 4.78 is 1.55. The summed E-state index contributed by atoms with van der Waals surface area (Å²) in [7, 11) is 0. The number of rotatable bonds is 4. The van der Waals surface area contributed by atoms with Crippen LogP contribution in [0.15, 0.2) is 0 Å². The van der Waals surface area contributed by atoms with E-state index < -0.39 is 5.97 Å². The molecule has 0 aromatic carbocycles. The lowest BCUT2D eigenvalue weighted by Gasteiger charge is -2.16. The Morgan fingerprint density at radius 2 is 2.13 bits per heavy atom. The van der Waals surface area contributed by atoms with Gasteiger partial charge in [0.25, 0.3) is 0 Å². The first kappa shape index (κ1) is 11.6. The van der Waals surface area contributed by atoms with E-state index in [1.807, 2.05) is 0 Å². The molecular formula is C9H16N4O2. The monoisotopic (exact) mass is 212 g/mol. The number of aromatic nitrogens is 4. The Balaban J connectivity index is 2.65. The SMILES string of the molecule is CC(C)(C)Cc1nnnn1CCC(=O)O. The highest BCUT2D eigenvalue weighted by Gasteiger charge is 2.16. The molecule has 0 amide bonds. The fraction of sp³-hybridized carbons (Fsp3) is 0.778. The minimum absolute atomic E-state index is 0.0438. The molecule has 1 aromatic heterocycles. The van der Waals surface area contributed by atoms with Crippen LogP contribution >= 0.6 is 0 Å². The van der Waals surface area contributed by atoms with E-state index in [9.17, 15) is 4.79 Å².